The molecule has 204 valence electrons. The largest absolute Gasteiger partial charge is 0.430 e. The van der Waals surface area contributed by atoms with Crippen LogP contribution in [0.15, 0.2) is 71.7 Å². The Hall–Kier alpha value is -2.74. The maximum absolute atomic E-state index is 13.6. The number of anilines is 1. The number of hydrogen-bond acceptors (Lipinski definition) is 5. The summed E-state index contributed by atoms with van der Waals surface area (Å²) in [6, 6.07) is 10.2. The topological polar surface area (TPSA) is 60.9 Å². The summed E-state index contributed by atoms with van der Waals surface area (Å²) in [6.45, 7) is 0.294. The summed E-state index contributed by atoms with van der Waals surface area (Å²) in [5.74, 6) is 0. The molecule has 0 aromatic heterocycles. The summed E-state index contributed by atoms with van der Waals surface area (Å²) in [5, 5.41) is 9.94. The molecule has 1 aliphatic heterocycles. The number of halogens is 6. The van der Waals surface area contributed by atoms with Gasteiger partial charge in [-0.15, -0.1) is 0 Å². The zero-order valence-electron chi connectivity index (χ0n) is 19.6. The van der Waals surface area contributed by atoms with E-state index in [0.717, 1.165) is 6.07 Å². The Morgan fingerprint density at radius 3 is 2.03 bits per heavy atom. The van der Waals surface area contributed by atoms with Gasteiger partial charge in [0.2, 0.25) is 10.0 Å². The van der Waals surface area contributed by atoms with Gasteiger partial charge in [-0.2, -0.15) is 30.6 Å². The first-order chi connectivity index (χ1) is 17.7. The summed E-state index contributed by atoms with van der Waals surface area (Å²) >= 11 is 5.19. The van der Waals surface area contributed by atoms with Crippen LogP contribution in [0, 0.1) is 0 Å². The third-order valence-corrected chi connectivity index (χ3v) is 8.98. The van der Waals surface area contributed by atoms with Crippen LogP contribution in [0.25, 0.3) is 11.1 Å². The molecule has 0 amide bonds. The minimum absolute atomic E-state index is 0.0248. The van der Waals surface area contributed by atoms with Gasteiger partial charge in [0, 0.05) is 54.3 Å². The summed E-state index contributed by atoms with van der Waals surface area (Å²) in [7, 11) is -3.87. The molecule has 4 rings (SSSR count). The molecule has 13 heteroatoms. The molecule has 1 heterocycles. The third kappa shape index (κ3) is 4.99. The van der Waals surface area contributed by atoms with E-state index in [1.807, 2.05) is 0 Å². The second kappa shape index (κ2) is 10.1. The molecule has 0 bridgehead atoms. The van der Waals surface area contributed by atoms with E-state index in [9.17, 15) is 39.9 Å². The van der Waals surface area contributed by atoms with E-state index < -0.39 is 33.5 Å². The van der Waals surface area contributed by atoms with Gasteiger partial charge in [-0.25, -0.2) is 8.42 Å². The smallest absolute Gasteiger partial charge is 0.369 e. The number of benzene rings is 2. The first-order valence-electron chi connectivity index (χ1n) is 11.4. The Bertz CT molecular complexity index is 1360. The SMILES string of the molecule is O=S(=O)(C1=CC=CCC1=S)N1CCN(c2ccc(C(O)(C(F)(F)F)C(F)(F)F)cc2-c2ccccc2)CC1. The molecule has 38 heavy (non-hydrogen) atoms. The van der Waals surface area contributed by atoms with E-state index in [4.69, 9.17) is 12.2 Å². The molecule has 0 atom stereocenters. The van der Waals surface area contributed by atoms with Gasteiger partial charge in [0.1, 0.15) is 0 Å². The van der Waals surface area contributed by atoms with Crippen LogP contribution in [0.2, 0.25) is 0 Å². The van der Waals surface area contributed by atoms with Crippen LogP contribution < -0.4 is 4.90 Å². The summed E-state index contributed by atoms with van der Waals surface area (Å²) < 4.78 is 109. The van der Waals surface area contributed by atoms with E-state index in [2.05, 4.69) is 0 Å². The molecule has 0 spiro atoms. The van der Waals surface area contributed by atoms with E-state index in [1.54, 1.807) is 35.3 Å². The van der Waals surface area contributed by atoms with E-state index >= 15 is 0 Å². The fraction of sp³-hybridized carbons (Fsp3) is 0.320. The number of hydrogen-bond donors (Lipinski definition) is 1. The second-order valence-electron chi connectivity index (χ2n) is 8.78. The first kappa shape index (κ1) is 28.3. The monoisotopic (exact) mass is 576 g/mol. The highest BCUT2D eigenvalue weighted by molar-refractivity contribution is 7.96. The van der Waals surface area contributed by atoms with Crippen LogP contribution in [0.5, 0.6) is 0 Å². The number of thiocarbonyl (C=S) groups is 1. The van der Waals surface area contributed by atoms with Gasteiger partial charge in [0.25, 0.3) is 5.60 Å². The average Bonchev–Trinajstić information content (AvgIpc) is 2.87. The lowest BCUT2D eigenvalue weighted by Gasteiger charge is -2.38. The summed E-state index contributed by atoms with van der Waals surface area (Å²) in [5.41, 5.74) is -5.77. The molecule has 0 saturated carbocycles. The molecular formula is C25H22F6N2O3S2. The number of sulfonamides is 1. The lowest BCUT2D eigenvalue weighted by atomic mass is 9.88. The number of piperazine rings is 1. The Kier molecular flexibility index (Phi) is 7.51. The standard InChI is InChI=1S/C25H22F6N2O3S2/c26-24(27,28)23(34,25(29,30)31)18-10-11-20(19(16-18)17-6-2-1-3-7-17)32-12-14-33(15-13-32)38(35,36)22-9-5-4-8-21(22)37/h1-7,9-11,16,34H,8,12-15H2. The molecule has 1 saturated heterocycles. The first-order valence-corrected chi connectivity index (χ1v) is 13.2. The van der Waals surface area contributed by atoms with Crippen LogP contribution in [0.1, 0.15) is 12.0 Å². The Balaban J connectivity index is 1.70. The molecule has 2 aromatic rings. The molecule has 2 aromatic carbocycles. The van der Waals surface area contributed by atoms with Crippen LogP contribution in [-0.4, -0.2) is 61.2 Å². The summed E-state index contributed by atoms with van der Waals surface area (Å²) in [6.07, 6.45) is -6.94. The number of aliphatic hydroxyl groups is 1. The number of allylic oxidation sites excluding steroid dienone is 4. The third-order valence-electron chi connectivity index (χ3n) is 6.48. The number of rotatable bonds is 5. The average molecular weight is 577 g/mol. The van der Waals surface area contributed by atoms with Gasteiger partial charge in [-0.3, -0.25) is 0 Å². The van der Waals surface area contributed by atoms with E-state index in [0.29, 0.717) is 34.7 Å². The minimum Gasteiger partial charge on any atom is -0.369 e. The quantitative estimate of drug-likeness (QED) is 0.385. The van der Waals surface area contributed by atoms with Crippen molar-refractivity contribution in [2.45, 2.75) is 24.4 Å². The van der Waals surface area contributed by atoms with Crippen LogP contribution in [0.4, 0.5) is 32.0 Å². The highest BCUT2D eigenvalue weighted by atomic mass is 32.2. The van der Waals surface area contributed by atoms with Crippen LogP contribution >= 0.6 is 12.2 Å². The van der Waals surface area contributed by atoms with Gasteiger partial charge < -0.3 is 10.0 Å². The highest BCUT2D eigenvalue weighted by Crippen LogP contribution is 2.51. The Labute approximate surface area is 220 Å². The lowest BCUT2D eigenvalue weighted by Crippen LogP contribution is -2.54. The molecule has 5 nitrogen and oxygen atoms in total. The van der Waals surface area contributed by atoms with Crippen molar-refractivity contribution in [2.24, 2.45) is 0 Å². The molecule has 0 unspecified atom stereocenters. The van der Waals surface area contributed by atoms with E-state index in [-0.39, 0.29) is 36.6 Å². The molecule has 0 radical (unpaired) electrons. The number of nitrogens with zero attached hydrogens (tertiary/aromatic N) is 2. The fourth-order valence-electron chi connectivity index (χ4n) is 4.44. The molecule has 1 N–H and O–H groups in total. The zero-order valence-corrected chi connectivity index (χ0v) is 21.3. The van der Waals surface area contributed by atoms with Crippen molar-refractivity contribution in [3.8, 4) is 11.1 Å². The van der Waals surface area contributed by atoms with Gasteiger partial charge in [0.15, 0.2) is 0 Å². The van der Waals surface area contributed by atoms with Gasteiger partial charge >= 0.3 is 12.4 Å². The second-order valence-corrected chi connectivity index (χ2v) is 11.2. The highest BCUT2D eigenvalue weighted by Gasteiger charge is 2.71. The molecule has 1 fully saturated rings. The van der Waals surface area contributed by atoms with E-state index in [1.165, 1.54) is 22.5 Å². The lowest BCUT2D eigenvalue weighted by molar-refractivity contribution is -0.376. The normalized spacial score (nSPS) is 18.0. The van der Waals surface area contributed by atoms with Crippen molar-refractivity contribution in [3.05, 3.63) is 77.2 Å². The molecular weight excluding hydrogens is 554 g/mol. The van der Waals surface area contributed by atoms with Crippen LogP contribution in [-0.2, 0) is 15.6 Å². The van der Waals surface area contributed by atoms with Crippen molar-refractivity contribution >= 4 is 32.8 Å². The van der Waals surface area contributed by atoms with Gasteiger partial charge in [-0.05, 0) is 23.8 Å². The van der Waals surface area contributed by atoms with Crippen molar-refractivity contribution < 1.29 is 39.9 Å². The fourth-order valence-corrected chi connectivity index (χ4v) is 6.46. The van der Waals surface area contributed by atoms with Crippen molar-refractivity contribution in [2.75, 3.05) is 31.1 Å². The van der Waals surface area contributed by atoms with Crippen LogP contribution in [0.3, 0.4) is 0 Å². The maximum atomic E-state index is 13.6. The minimum atomic E-state index is -6.02. The molecule has 1 aliphatic carbocycles. The van der Waals surface area contributed by atoms with Gasteiger partial charge in [0.05, 0.1) is 4.91 Å². The Morgan fingerprint density at radius 2 is 1.47 bits per heavy atom. The number of alkyl halides is 6. The van der Waals surface area contributed by atoms with Gasteiger partial charge in [-0.1, -0.05) is 60.8 Å². The van der Waals surface area contributed by atoms with Crippen molar-refractivity contribution in [1.82, 2.24) is 4.31 Å². The zero-order chi connectivity index (χ0) is 27.9. The Morgan fingerprint density at radius 1 is 0.868 bits per heavy atom. The van der Waals surface area contributed by atoms with Crippen molar-refractivity contribution in [1.29, 1.82) is 0 Å². The summed E-state index contributed by atoms with van der Waals surface area (Å²) in [4.78, 5) is 2.02. The predicted octanol–water partition coefficient (Wildman–Crippen LogP) is 5.33. The predicted molar refractivity (Wildman–Crippen MR) is 135 cm³/mol. The van der Waals surface area contributed by atoms with Crippen molar-refractivity contribution in [3.63, 3.8) is 0 Å². The maximum Gasteiger partial charge on any atom is 0.430 e. The molecule has 2 aliphatic rings.